The van der Waals surface area contributed by atoms with E-state index in [1.165, 1.54) is 25.7 Å². The highest BCUT2D eigenvalue weighted by atomic mass is 32.1. The largest absolute Gasteiger partial charge is 0.318 e. The van der Waals surface area contributed by atoms with Crippen LogP contribution >= 0.6 is 25.8 Å². The number of rotatable bonds is 4. The molecule has 0 saturated heterocycles. The van der Waals surface area contributed by atoms with Gasteiger partial charge >= 0.3 is 0 Å². The van der Waals surface area contributed by atoms with Crippen LogP contribution in [0.3, 0.4) is 0 Å². The van der Waals surface area contributed by atoms with Crippen molar-refractivity contribution in [2.75, 3.05) is 13.2 Å². The smallest absolute Gasteiger partial charge is 0.0638 e. The van der Waals surface area contributed by atoms with Gasteiger partial charge in [-0.2, -0.15) is 0 Å². The third-order valence-electron chi connectivity index (χ3n) is 2.59. The van der Waals surface area contributed by atoms with E-state index in [9.17, 15) is 0 Å². The summed E-state index contributed by atoms with van der Waals surface area (Å²) in [4.78, 5) is 0. The molecule has 0 aromatic rings. The van der Waals surface area contributed by atoms with E-state index in [1.54, 1.807) is 0 Å². The van der Waals surface area contributed by atoms with E-state index in [0.29, 0.717) is 11.8 Å². The maximum Gasteiger partial charge on any atom is 0.0638 e. The molecule has 12 heavy (non-hydrogen) atoms. The van der Waals surface area contributed by atoms with Crippen LogP contribution in [0.4, 0.5) is 0 Å². The summed E-state index contributed by atoms with van der Waals surface area (Å²) in [6.45, 7) is 1.58. The van der Waals surface area contributed by atoms with Gasteiger partial charge in [0.15, 0.2) is 0 Å². The normalized spacial score (nSPS) is 30.5. The molecule has 0 unspecified atom stereocenters. The molecule has 0 aliphatic heterocycles. The monoisotopic (exact) mass is 208 g/mol. The van der Waals surface area contributed by atoms with Crippen LogP contribution in [0.1, 0.15) is 25.7 Å². The highest BCUT2D eigenvalue weighted by Crippen LogP contribution is 2.29. The van der Waals surface area contributed by atoms with Crippen LogP contribution in [0.25, 0.3) is 0 Å². The van der Waals surface area contributed by atoms with E-state index in [2.05, 4.69) is 25.8 Å². The van der Waals surface area contributed by atoms with Gasteiger partial charge in [0, 0.05) is 0 Å². The summed E-state index contributed by atoms with van der Waals surface area (Å²) < 4.78 is 9.65. The van der Waals surface area contributed by atoms with Gasteiger partial charge in [-0.3, -0.25) is 0 Å². The van der Waals surface area contributed by atoms with Crippen LogP contribution in [0.5, 0.6) is 0 Å². The quantitative estimate of drug-likeness (QED) is 0.546. The SMILES string of the molecule is SOCC1CCC(COS)CC1. The fourth-order valence-corrected chi connectivity index (χ4v) is 2.20. The van der Waals surface area contributed by atoms with E-state index in [1.807, 2.05) is 0 Å². The molecule has 0 aromatic carbocycles. The predicted molar refractivity (Wildman–Crippen MR) is 55.3 cm³/mol. The molecule has 1 saturated carbocycles. The van der Waals surface area contributed by atoms with Crippen molar-refractivity contribution in [2.45, 2.75) is 25.7 Å². The summed E-state index contributed by atoms with van der Waals surface area (Å²) in [5.41, 5.74) is 0. The average Bonchev–Trinajstić information content (AvgIpc) is 2.09. The van der Waals surface area contributed by atoms with Crippen molar-refractivity contribution in [3.05, 3.63) is 0 Å². The topological polar surface area (TPSA) is 18.5 Å². The molecule has 4 heteroatoms. The first kappa shape index (κ1) is 10.7. The minimum Gasteiger partial charge on any atom is -0.318 e. The van der Waals surface area contributed by atoms with E-state index in [0.717, 1.165) is 13.2 Å². The summed E-state index contributed by atoms with van der Waals surface area (Å²) in [7, 11) is 0. The van der Waals surface area contributed by atoms with Crippen molar-refractivity contribution >= 4 is 25.8 Å². The first-order valence-electron chi connectivity index (χ1n) is 4.39. The molecule has 0 bridgehead atoms. The molecule has 0 radical (unpaired) electrons. The Balaban J connectivity index is 2.11. The Bertz CT molecular complexity index is 99.6. The van der Waals surface area contributed by atoms with Gasteiger partial charge in [0.25, 0.3) is 0 Å². The molecule has 0 amide bonds. The first-order chi connectivity index (χ1) is 5.86. The fraction of sp³-hybridized carbons (Fsp3) is 1.00. The van der Waals surface area contributed by atoms with Crippen LogP contribution in [0.2, 0.25) is 0 Å². The lowest BCUT2D eigenvalue weighted by atomic mass is 9.83. The molecular formula is C8H16O2S2. The highest BCUT2D eigenvalue weighted by Gasteiger charge is 2.20. The van der Waals surface area contributed by atoms with E-state index < -0.39 is 0 Å². The van der Waals surface area contributed by atoms with Crippen molar-refractivity contribution in [1.82, 2.24) is 0 Å². The molecule has 0 N–H and O–H groups in total. The van der Waals surface area contributed by atoms with Crippen molar-refractivity contribution < 1.29 is 8.37 Å². The molecule has 72 valence electrons. The number of hydrogen-bond donors (Lipinski definition) is 2. The Hall–Kier alpha value is 0.620. The second kappa shape index (κ2) is 6.13. The number of thiol groups is 2. The lowest BCUT2D eigenvalue weighted by Crippen LogP contribution is -2.19. The molecule has 0 spiro atoms. The van der Waals surface area contributed by atoms with Gasteiger partial charge in [-0.15, -0.1) is 0 Å². The lowest BCUT2D eigenvalue weighted by Gasteiger charge is -2.26. The molecule has 1 rings (SSSR count). The Morgan fingerprint density at radius 2 is 1.17 bits per heavy atom. The van der Waals surface area contributed by atoms with Crippen LogP contribution < -0.4 is 0 Å². The summed E-state index contributed by atoms with van der Waals surface area (Å²) >= 11 is 7.52. The van der Waals surface area contributed by atoms with E-state index in [4.69, 9.17) is 8.37 Å². The first-order valence-corrected chi connectivity index (χ1v) is 5.12. The van der Waals surface area contributed by atoms with Crippen molar-refractivity contribution in [2.24, 2.45) is 11.8 Å². The molecular weight excluding hydrogens is 192 g/mol. The Kier molecular flexibility index (Phi) is 5.47. The third-order valence-corrected chi connectivity index (χ3v) is 2.88. The van der Waals surface area contributed by atoms with Crippen molar-refractivity contribution in [1.29, 1.82) is 0 Å². The fourth-order valence-electron chi connectivity index (χ4n) is 1.78. The van der Waals surface area contributed by atoms with Crippen LogP contribution in [0, 0.1) is 11.8 Å². The predicted octanol–water partition coefficient (Wildman–Crippen LogP) is 2.52. The van der Waals surface area contributed by atoms with Gasteiger partial charge in [0.05, 0.1) is 13.2 Å². The van der Waals surface area contributed by atoms with E-state index in [-0.39, 0.29) is 0 Å². The molecule has 2 nitrogen and oxygen atoms in total. The summed E-state index contributed by atoms with van der Waals surface area (Å²) in [6.07, 6.45) is 4.95. The third kappa shape index (κ3) is 3.56. The zero-order valence-corrected chi connectivity index (χ0v) is 8.90. The van der Waals surface area contributed by atoms with Crippen LogP contribution in [0.15, 0.2) is 0 Å². The Labute approximate surface area is 85.2 Å². The Morgan fingerprint density at radius 1 is 0.833 bits per heavy atom. The summed E-state index contributed by atoms with van der Waals surface area (Å²) in [5, 5.41) is 0. The second-order valence-corrected chi connectivity index (χ2v) is 3.99. The zero-order chi connectivity index (χ0) is 8.81. The van der Waals surface area contributed by atoms with Crippen LogP contribution in [-0.4, -0.2) is 13.2 Å². The van der Waals surface area contributed by atoms with Crippen molar-refractivity contribution in [3.8, 4) is 0 Å². The lowest BCUT2D eigenvalue weighted by molar-refractivity contribution is 0.169. The van der Waals surface area contributed by atoms with Gasteiger partial charge in [0.1, 0.15) is 0 Å². The number of hydrogen-bond acceptors (Lipinski definition) is 4. The van der Waals surface area contributed by atoms with Crippen molar-refractivity contribution in [3.63, 3.8) is 0 Å². The minimum absolute atomic E-state index is 0.707. The summed E-state index contributed by atoms with van der Waals surface area (Å²) in [6, 6.07) is 0. The standard InChI is InChI=1S/C8H16O2S2/c11-9-5-7-1-2-8(4-3-7)6-10-12/h7-8,11-12H,1-6H2. The molecule has 1 fully saturated rings. The van der Waals surface area contributed by atoms with Gasteiger partial charge in [-0.05, 0) is 63.3 Å². The highest BCUT2D eigenvalue weighted by molar-refractivity contribution is 7.75. The molecule has 0 heterocycles. The minimum atomic E-state index is 0.707. The maximum absolute atomic E-state index is 4.82. The van der Waals surface area contributed by atoms with Crippen LogP contribution in [-0.2, 0) is 8.37 Å². The Morgan fingerprint density at radius 3 is 1.42 bits per heavy atom. The van der Waals surface area contributed by atoms with Gasteiger partial charge in [-0.25, -0.2) is 0 Å². The van der Waals surface area contributed by atoms with E-state index >= 15 is 0 Å². The average molecular weight is 208 g/mol. The molecule has 1 aliphatic rings. The van der Waals surface area contributed by atoms with Gasteiger partial charge < -0.3 is 8.37 Å². The zero-order valence-electron chi connectivity index (χ0n) is 7.11. The second-order valence-electron chi connectivity index (χ2n) is 3.48. The van der Waals surface area contributed by atoms with Gasteiger partial charge in [0.2, 0.25) is 0 Å². The summed E-state index contributed by atoms with van der Waals surface area (Å²) in [5.74, 6) is 1.41. The molecule has 0 atom stereocenters. The molecule has 1 aliphatic carbocycles. The maximum atomic E-state index is 4.82. The van der Waals surface area contributed by atoms with Gasteiger partial charge in [-0.1, -0.05) is 0 Å². The molecule has 0 aromatic heterocycles.